The van der Waals surface area contributed by atoms with E-state index in [-0.39, 0.29) is 0 Å². The van der Waals surface area contributed by atoms with Crippen molar-refractivity contribution in [2.24, 2.45) is 0 Å². The summed E-state index contributed by atoms with van der Waals surface area (Å²) in [6.07, 6.45) is 3.97. The molecule has 0 N–H and O–H groups in total. The number of hydrogen-bond donors (Lipinski definition) is 0. The molecule has 0 bridgehead atoms. The van der Waals surface area contributed by atoms with Crippen molar-refractivity contribution in [3.8, 4) is 6.07 Å². The normalized spacial score (nSPS) is 7.83. The third-order valence-electron chi connectivity index (χ3n) is 1.18. The van der Waals surface area contributed by atoms with Gasteiger partial charge in [-0.05, 0) is 6.42 Å². The maximum Gasteiger partial charge on any atom is 0.158 e. The molecule has 0 aliphatic rings. The fourth-order valence-corrected chi connectivity index (χ4v) is 0.595. The molecule has 0 spiro atoms. The van der Waals surface area contributed by atoms with Crippen LogP contribution in [-0.2, 0) is 6.42 Å². The molecular weight excluding hydrogens is 150 g/mol. The van der Waals surface area contributed by atoms with E-state index in [1.165, 1.54) is 6.20 Å². The molecule has 3 heteroatoms. The van der Waals surface area contributed by atoms with E-state index in [4.69, 9.17) is 5.26 Å². The van der Waals surface area contributed by atoms with Gasteiger partial charge in [-0.1, -0.05) is 20.8 Å². The van der Waals surface area contributed by atoms with E-state index in [0.717, 1.165) is 12.1 Å². The van der Waals surface area contributed by atoms with Crippen LogP contribution in [0, 0.1) is 11.3 Å². The lowest BCUT2D eigenvalue weighted by Crippen LogP contribution is -1.90. The van der Waals surface area contributed by atoms with Crippen molar-refractivity contribution < 1.29 is 0 Å². The van der Waals surface area contributed by atoms with Gasteiger partial charge < -0.3 is 0 Å². The highest BCUT2D eigenvalue weighted by Crippen LogP contribution is 1.93. The summed E-state index contributed by atoms with van der Waals surface area (Å²) in [4.78, 5) is 7.83. The third-order valence-corrected chi connectivity index (χ3v) is 1.18. The monoisotopic (exact) mass is 163 g/mol. The predicted molar refractivity (Wildman–Crippen MR) is 47.5 cm³/mol. The Morgan fingerprint density at radius 2 is 2.00 bits per heavy atom. The molecular formula is C9H13N3. The van der Waals surface area contributed by atoms with Crippen molar-refractivity contribution in [1.29, 1.82) is 5.26 Å². The first-order chi connectivity index (χ1) is 5.86. The number of aryl methyl sites for hydroxylation is 1. The van der Waals surface area contributed by atoms with Crippen LogP contribution < -0.4 is 0 Å². The van der Waals surface area contributed by atoms with Crippen molar-refractivity contribution in [3.05, 3.63) is 23.8 Å². The van der Waals surface area contributed by atoms with Gasteiger partial charge in [0, 0.05) is 6.20 Å². The van der Waals surface area contributed by atoms with Gasteiger partial charge in [-0.15, -0.1) is 0 Å². The lowest BCUT2D eigenvalue weighted by Gasteiger charge is -1.91. The van der Waals surface area contributed by atoms with E-state index in [2.05, 4.69) is 9.97 Å². The molecule has 0 aromatic carbocycles. The second-order valence-electron chi connectivity index (χ2n) is 1.86. The summed E-state index contributed by atoms with van der Waals surface area (Å²) in [6.45, 7) is 6.00. The zero-order chi connectivity index (χ0) is 9.40. The molecule has 0 saturated carbocycles. The molecule has 0 aliphatic carbocycles. The SMILES string of the molecule is CC.CCc1cnc(C#N)cn1. The van der Waals surface area contributed by atoms with Crippen molar-refractivity contribution in [2.45, 2.75) is 27.2 Å². The minimum atomic E-state index is 0.372. The number of hydrogen-bond acceptors (Lipinski definition) is 3. The topological polar surface area (TPSA) is 49.6 Å². The number of nitrogens with zero attached hydrogens (tertiary/aromatic N) is 3. The molecule has 64 valence electrons. The molecule has 1 heterocycles. The lowest BCUT2D eigenvalue weighted by atomic mass is 10.3. The van der Waals surface area contributed by atoms with E-state index in [1.54, 1.807) is 6.20 Å². The zero-order valence-electron chi connectivity index (χ0n) is 7.70. The highest BCUT2D eigenvalue weighted by Gasteiger charge is 1.91. The van der Waals surface area contributed by atoms with Gasteiger partial charge >= 0.3 is 0 Å². The predicted octanol–water partition coefficient (Wildman–Crippen LogP) is 1.94. The van der Waals surface area contributed by atoms with Gasteiger partial charge in [-0.2, -0.15) is 5.26 Å². The van der Waals surface area contributed by atoms with Gasteiger partial charge in [-0.25, -0.2) is 4.98 Å². The molecule has 1 rings (SSSR count). The Kier molecular flexibility index (Phi) is 5.54. The van der Waals surface area contributed by atoms with Gasteiger partial charge in [0.1, 0.15) is 6.07 Å². The summed E-state index contributed by atoms with van der Waals surface area (Å²) in [5, 5.41) is 8.35. The first-order valence-corrected chi connectivity index (χ1v) is 4.08. The number of rotatable bonds is 1. The van der Waals surface area contributed by atoms with Gasteiger partial charge in [0.05, 0.1) is 11.9 Å². The van der Waals surface area contributed by atoms with E-state index in [0.29, 0.717) is 5.69 Å². The molecule has 0 unspecified atom stereocenters. The molecule has 0 fully saturated rings. The quantitative estimate of drug-likeness (QED) is 0.635. The minimum absolute atomic E-state index is 0.372. The molecule has 0 saturated heterocycles. The molecule has 3 nitrogen and oxygen atoms in total. The number of nitriles is 1. The lowest BCUT2D eigenvalue weighted by molar-refractivity contribution is 0.991. The molecule has 0 radical (unpaired) electrons. The second-order valence-corrected chi connectivity index (χ2v) is 1.86. The van der Waals surface area contributed by atoms with Crippen LogP contribution in [0.3, 0.4) is 0 Å². The standard InChI is InChI=1S/C7H7N3.C2H6/c1-2-6-4-10-7(3-8)5-9-6;1-2/h4-5H,2H2,1H3;1-2H3. The Morgan fingerprint density at radius 1 is 1.33 bits per heavy atom. The van der Waals surface area contributed by atoms with Crippen LogP contribution in [0.1, 0.15) is 32.2 Å². The maximum absolute atomic E-state index is 8.35. The summed E-state index contributed by atoms with van der Waals surface area (Å²) in [5.41, 5.74) is 1.29. The highest BCUT2D eigenvalue weighted by molar-refractivity contribution is 5.16. The van der Waals surface area contributed by atoms with Crippen molar-refractivity contribution in [1.82, 2.24) is 9.97 Å². The number of aromatic nitrogens is 2. The summed E-state index contributed by atoms with van der Waals surface area (Å²) in [6, 6.07) is 1.90. The van der Waals surface area contributed by atoms with Crippen LogP contribution in [0.4, 0.5) is 0 Å². The van der Waals surface area contributed by atoms with Gasteiger partial charge in [0.15, 0.2) is 5.69 Å². The van der Waals surface area contributed by atoms with Crippen LogP contribution in [0.15, 0.2) is 12.4 Å². The fourth-order valence-electron chi connectivity index (χ4n) is 0.595. The Hall–Kier alpha value is -1.43. The van der Waals surface area contributed by atoms with Crippen LogP contribution in [0.25, 0.3) is 0 Å². The van der Waals surface area contributed by atoms with Gasteiger partial charge in [0.2, 0.25) is 0 Å². The summed E-state index contributed by atoms with van der Waals surface area (Å²) in [5.74, 6) is 0. The van der Waals surface area contributed by atoms with Crippen LogP contribution in [0.5, 0.6) is 0 Å². The van der Waals surface area contributed by atoms with Crippen molar-refractivity contribution in [2.75, 3.05) is 0 Å². The molecule has 12 heavy (non-hydrogen) atoms. The first kappa shape index (κ1) is 10.6. The Labute approximate surface area is 73.1 Å². The van der Waals surface area contributed by atoms with Crippen LogP contribution >= 0.6 is 0 Å². The Morgan fingerprint density at radius 3 is 2.33 bits per heavy atom. The zero-order valence-corrected chi connectivity index (χ0v) is 7.70. The average Bonchev–Trinajstić information content (AvgIpc) is 2.21. The average molecular weight is 163 g/mol. The first-order valence-electron chi connectivity index (χ1n) is 4.08. The second kappa shape index (κ2) is 6.29. The van der Waals surface area contributed by atoms with E-state index in [1.807, 2.05) is 26.8 Å². The Bertz CT molecular complexity index is 245. The smallest absolute Gasteiger partial charge is 0.158 e. The fraction of sp³-hybridized carbons (Fsp3) is 0.444. The third kappa shape index (κ3) is 3.11. The summed E-state index contributed by atoms with van der Waals surface area (Å²) >= 11 is 0. The highest BCUT2D eigenvalue weighted by atomic mass is 14.8. The largest absolute Gasteiger partial charge is 0.257 e. The van der Waals surface area contributed by atoms with Crippen molar-refractivity contribution in [3.63, 3.8) is 0 Å². The van der Waals surface area contributed by atoms with Crippen molar-refractivity contribution >= 4 is 0 Å². The minimum Gasteiger partial charge on any atom is -0.257 e. The summed E-state index contributed by atoms with van der Waals surface area (Å²) in [7, 11) is 0. The van der Waals surface area contributed by atoms with E-state index < -0.39 is 0 Å². The molecule has 0 aliphatic heterocycles. The van der Waals surface area contributed by atoms with Gasteiger partial charge in [0.25, 0.3) is 0 Å². The molecule has 0 atom stereocenters. The van der Waals surface area contributed by atoms with E-state index in [9.17, 15) is 0 Å². The molecule has 1 aromatic heterocycles. The van der Waals surface area contributed by atoms with Gasteiger partial charge in [-0.3, -0.25) is 4.98 Å². The summed E-state index contributed by atoms with van der Waals surface area (Å²) < 4.78 is 0. The Balaban J connectivity index is 0.000000561. The molecule has 0 amide bonds. The molecule has 1 aromatic rings. The maximum atomic E-state index is 8.35. The van der Waals surface area contributed by atoms with Crippen LogP contribution in [-0.4, -0.2) is 9.97 Å². The van der Waals surface area contributed by atoms with E-state index >= 15 is 0 Å². The van der Waals surface area contributed by atoms with Crippen LogP contribution in [0.2, 0.25) is 0 Å².